The molecular weight excluding hydrogens is 332 g/mol. The Hall–Kier alpha value is -2.64. The number of fused-ring (bicyclic) bond motifs is 2. The van der Waals surface area contributed by atoms with E-state index in [0.29, 0.717) is 24.5 Å². The third-order valence-corrected chi connectivity index (χ3v) is 4.27. The van der Waals surface area contributed by atoms with Crippen LogP contribution in [0.15, 0.2) is 12.4 Å². The van der Waals surface area contributed by atoms with E-state index in [1.54, 1.807) is 10.9 Å². The molecule has 0 spiro atoms. The van der Waals surface area contributed by atoms with Crippen LogP contribution in [0, 0.1) is 0 Å². The van der Waals surface area contributed by atoms with E-state index >= 15 is 0 Å². The van der Waals surface area contributed by atoms with Crippen LogP contribution in [0.2, 0.25) is 0 Å². The van der Waals surface area contributed by atoms with Crippen LogP contribution in [0.4, 0.5) is 0 Å². The van der Waals surface area contributed by atoms with Crippen LogP contribution in [0.3, 0.4) is 0 Å². The normalized spacial score (nSPS) is 15.8. The number of nitrogens with zero attached hydrogens (tertiary/aromatic N) is 4. The van der Waals surface area contributed by atoms with Gasteiger partial charge in [-0.2, -0.15) is 10.2 Å². The molecule has 2 amide bonds. The highest BCUT2D eigenvalue weighted by Gasteiger charge is 2.29. The molecule has 0 saturated carbocycles. The van der Waals surface area contributed by atoms with Crippen molar-refractivity contribution in [3.05, 3.63) is 34.9 Å². The highest BCUT2D eigenvalue weighted by molar-refractivity contribution is 5.96. The number of carbonyl (C=O) groups excluding carboxylic acids is 2. The standard InChI is InChI=1S/2C9H13N3O/c1-9(2,3)12-5-6-4-10-8(13)7(6)11-12;1-9(2,3)12-7-6(5-11-12)4-10-8(7)13/h2*5H,4H2,1-3H3,(H,10,13). The summed E-state index contributed by atoms with van der Waals surface area (Å²) in [4.78, 5) is 22.6. The van der Waals surface area contributed by atoms with E-state index in [4.69, 9.17) is 0 Å². The molecule has 0 unspecified atom stereocenters. The summed E-state index contributed by atoms with van der Waals surface area (Å²) in [7, 11) is 0. The van der Waals surface area contributed by atoms with Gasteiger partial charge in [0.15, 0.2) is 5.69 Å². The fourth-order valence-corrected chi connectivity index (χ4v) is 2.85. The topological polar surface area (TPSA) is 93.8 Å². The van der Waals surface area contributed by atoms with Gasteiger partial charge in [0.05, 0.1) is 17.3 Å². The Labute approximate surface area is 152 Å². The minimum atomic E-state index is -0.130. The number of rotatable bonds is 0. The van der Waals surface area contributed by atoms with Crippen molar-refractivity contribution in [1.82, 2.24) is 30.2 Å². The first-order valence-electron chi connectivity index (χ1n) is 8.71. The van der Waals surface area contributed by atoms with Crippen molar-refractivity contribution in [3.63, 3.8) is 0 Å². The summed E-state index contributed by atoms with van der Waals surface area (Å²) in [6.45, 7) is 13.5. The molecule has 0 aliphatic carbocycles. The van der Waals surface area contributed by atoms with Crippen molar-refractivity contribution in [3.8, 4) is 0 Å². The zero-order valence-electron chi connectivity index (χ0n) is 16.2. The molecule has 4 rings (SSSR count). The molecule has 4 heterocycles. The van der Waals surface area contributed by atoms with E-state index in [9.17, 15) is 9.59 Å². The number of hydrogen-bond donors (Lipinski definition) is 2. The third kappa shape index (κ3) is 3.23. The van der Waals surface area contributed by atoms with E-state index < -0.39 is 0 Å². The molecule has 0 atom stereocenters. The average molecular weight is 358 g/mol. The van der Waals surface area contributed by atoms with E-state index in [1.807, 2.05) is 31.6 Å². The fraction of sp³-hybridized carbons (Fsp3) is 0.556. The van der Waals surface area contributed by atoms with E-state index in [-0.39, 0.29) is 22.9 Å². The maximum atomic E-state index is 11.4. The fourth-order valence-electron chi connectivity index (χ4n) is 2.85. The lowest BCUT2D eigenvalue weighted by atomic mass is 10.1. The zero-order valence-corrected chi connectivity index (χ0v) is 16.2. The van der Waals surface area contributed by atoms with Crippen molar-refractivity contribution >= 4 is 11.8 Å². The highest BCUT2D eigenvalue weighted by atomic mass is 16.2. The molecule has 2 aliphatic rings. The minimum absolute atomic E-state index is 0.0116. The molecule has 140 valence electrons. The predicted molar refractivity (Wildman–Crippen MR) is 96.8 cm³/mol. The number of nitrogens with one attached hydrogen (secondary N) is 2. The smallest absolute Gasteiger partial charge is 0.272 e. The predicted octanol–water partition coefficient (Wildman–Crippen LogP) is 1.76. The van der Waals surface area contributed by atoms with Crippen molar-refractivity contribution in [2.24, 2.45) is 0 Å². The maximum absolute atomic E-state index is 11.4. The van der Waals surface area contributed by atoms with Crippen molar-refractivity contribution in [2.75, 3.05) is 0 Å². The van der Waals surface area contributed by atoms with Crippen molar-refractivity contribution in [1.29, 1.82) is 0 Å². The van der Waals surface area contributed by atoms with Crippen molar-refractivity contribution in [2.45, 2.75) is 65.7 Å². The molecular formula is C18H26N6O2. The molecule has 0 bridgehead atoms. The first-order valence-corrected chi connectivity index (χ1v) is 8.71. The second-order valence-corrected chi connectivity index (χ2v) is 8.58. The summed E-state index contributed by atoms with van der Waals surface area (Å²) in [6, 6.07) is 0. The molecule has 2 aromatic rings. The van der Waals surface area contributed by atoms with Crippen molar-refractivity contribution < 1.29 is 9.59 Å². The van der Waals surface area contributed by atoms with Gasteiger partial charge in [-0.25, -0.2) is 0 Å². The summed E-state index contributed by atoms with van der Waals surface area (Å²) in [5.41, 5.74) is 3.11. The quantitative estimate of drug-likeness (QED) is 0.750. The average Bonchev–Trinajstić information content (AvgIpc) is 3.22. The van der Waals surface area contributed by atoms with Crippen LogP contribution in [-0.4, -0.2) is 31.4 Å². The van der Waals surface area contributed by atoms with Gasteiger partial charge in [0.2, 0.25) is 0 Å². The Morgan fingerprint density at radius 1 is 0.923 bits per heavy atom. The minimum Gasteiger partial charge on any atom is -0.346 e. The molecule has 26 heavy (non-hydrogen) atoms. The van der Waals surface area contributed by atoms with Crippen LogP contribution in [0.5, 0.6) is 0 Å². The van der Waals surface area contributed by atoms with E-state index in [1.165, 1.54) is 0 Å². The van der Waals surface area contributed by atoms with Gasteiger partial charge in [0, 0.05) is 30.4 Å². The number of amides is 2. The van der Waals surface area contributed by atoms with Crippen LogP contribution < -0.4 is 10.6 Å². The molecule has 0 fully saturated rings. The highest BCUT2D eigenvalue weighted by Crippen LogP contribution is 2.22. The first-order chi connectivity index (χ1) is 12.0. The number of hydrogen-bond acceptors (Lipinski definition) is 4. The monoisotopic (exact) mass is 358 g/mol. The summed E-state index contributed by atoms with van der Waals surface area (Å²) >= 11 is 0. The Kier molecular flexibility index (Phi) is 4.17. The Balaban J connectivity index is 0.000000151. The molecule has 8 nitrogen and oxygen atoms in total. The second-order valence-electron chi connectivity index (χ2n) is 8.58. The van der Waals surface area contributed by atoms with Gasteiger partial charge in [0.25, 0.3) is 11.8 Å². The largest absolute Gasteiger partial charge is 0.346 e. The molecule has 2 aliphatic heterocycles. The number of carbonyl (C=O) groups is 2. The number of aromatic nitrogens is 4. The Morgan fingerprint density at radius 3 is 2.12 bits per heavy atom. The molecule has 2 N–H and O–H groups in total. The van der Waals surface area contributed by atoms with Crippen LogP contribution in [0.25, 0.3) is 0 Å². The maximum Gasteiger partial charge on any atom is 0.272 e. The molecule has 0 aromatic carbocycles. The lowest BCUT2D eigenvalue weighted by molar-refractivity contribution is 0.0944. The van der Waals surface area contributed by atoms with E-state index in [0.717, 1.165) is 11.1 Å². The van der Waals surface area contributed by atoms with Crippen LogP contribution in [-0.2, 0) is 24.2 Å². The molecule has 0 radical (unpaired) electrons. The van der Waals surface area contributed by atoms with Gasteiger partial charge in [-0.3, -0.25) is 19.0 Å². The van der Waals surface area contributed by atoms with E-state index in [2.05, 4.69) is 41.6 Å². The molecule has 2 aromatic heterocycles. The Bertz CT molecular complexity index is 863. The zero-order chi connectivity index (χ0) is 19.3. The van der Waals surface area contributed by atoms with Crippen LogP contribution >= 0.6 is 0 Å². The van der Waals surface area contributed by atoms with Crippen LogP contribution in [0.1, 0.15) is 73.6 Å². The SMILES string of the molecule is CC(C)(C)n1cc2c(n1)C(=O)NC2.CC(C)(C)n1ncc2c1C(=O)NC2. The summed E-state index contributed by atoms with van der Waals surface area (Å²) in [6.07, 6.45) is 3.70. The third-order valence-electron chi connectivity index (χ3n) is 4.27. The van der Waals surface area contributed by atoms with Gasteiger partial charge < -0.3 is 10.6 Å². The lowest BCUT2D eigenvalue weighted by Gasteiger charge is -2.20. The summed E-state index contributed by atoms with van der Waals surface area (Å²) < 4.78 is 3.63. The lowest BCUT2D eigenvalue weighted by Crippen LogP contribution is -2.28. The van der Waals surface area contributed by atoms with Gasteiger partial charge in [0.1, 0.15) is 5.69 Å². The van der Waals surface area contributed by atoms with Gasteiger partial charge >= 0.3 is 0 Å². The Morgan fingerprint density at radius 2 is 1.54 bits per heavy atom. The van der Waals surface area contributed by atoms with Gasteiger partial charge in [-0.05, 0) is 41.5 Å². The second kappa shape index (κ2) is 5.96. The molecule has 8 heteroatoms. The summed E-state index contributed by atoms with van der Waals surface area (Å²) in [5, 5.41) is 14.0. The molecule has 0 saturated heterocycles. The first kappa shape index (κ1) is 18.2. The van der Waals surface area contributed by atoms with Gasteiger partial charge in [-0.1, -0.05) is 0 Å². The van der Waals surface area contributed by atoms with Gasteiger partial charge in [-0.15, -0.1) is 0 Å². The summed E-state index contributed by atoms with van der Waals surface area (Å²) in [5.74, 6) is -0.0691.